The highest BCUT2D eigenvalue weighted by Gasteiger charge is 2.37. The maximum atomic E-state index is 13.3. The third kappa shape index (κ3) is 12.9. The molecule has 2 saturated carbocycles. The van der Waals surface area contributed by atoms with E-state index >= 15 is 0 Å². The minimum absolute atomic E-state index is 0.119. The van der Waals surface area contributed by atoms with Gasteiger partial charge in [-0.25, -0.2) is 9.13 Å². The van der Waals surface area contributed by atoms with Gasteiger partial charge in [0.15, 0.2) is 24.8 Å². The monoisotopic (exact) mass is 759 g/mol. The minimum Gasteiger partial charge on any atom is -0.465 e. The van der Waals surface area contributed by atoms with Gasteiger partial charge in [-0.15, -0.1) is 0 Å². The predicted octanol–water partition coefficient (Wildman–Crippen LogP) is 10.7. The van der Waals surface area contributed by atoms with Crippen LogP contribution in [0.15, 0.2) is 110 Å². The molecule has 0 unspecified atom stereocenters. The fourth-order valence-electron chi connectivity index (χ4n) is 9.13. The lowest BCUT2D eigenvalue weighted by molar-refractivity contribution is -0.697. The first-order valence-corrected chi connectivity index (χ1v) is 22.1. The number of aryl methyl sites for hydroxylation is 2. The molecule has 2 aromatic carbocycles. The Kier molecular flexibility index (Phi) is 17.0. The van der Waals surface area contributed by atoms with Gasteiger partial charge < -0.3 is 9.47 Å². The summed E-state index contributed by atoms with van der Waals surface area (Å²) >= 11 is 0. The number of rotatable bonds is 21. The zero-order valence-corrected chi connectivity index (χ0v) is 33.8. The molecule has 0 atom stereocenters. The van der Waals surface area contributed by atoms with E-state index in [9.17, 15) is 9.59 Å². The lowest BCUT2D eigenvalue weighted by Crippen LogP contribution is -2.35. The molecular formula is C50H66N2O4+2. The summed E-state index contributed by atoms with van der Waals surface area (Å²) in [6.07, 6.45) is 29.9. The van der Waals surface area contributed by atoms with E-state index in [2.05, 4.69) is 58.2 Å². The minimum atomic E-state index is -0.394. The Hall–Kier alpha value is -4.32. The lowest BCUT2D eigenvalue weighted by atomic mass is 9.69. The van der Waals surface area contributed by atoms with Crippen molar-refractivity contribution in [3.8, 4) is 11.1 Å². The summed E-state index contributed by atoms with van der Waals surface area (Å²) in [4.78, 5) is 26.4. The van der Waals surface area contributed by atoms with Crippen LogP contribution in [0.2, 0.25) is 0 Å². The van der Waals surface area contributed by atoms with Crippen LogP contribution >= 0.6 is 0 Å². The van der Waals surface area contributed by atoms with Gasteiger partial charge in [-0.2, -0.15) is 0 Å². The van der Waals surface area contributed by atoms with E-state index in [1.807, 2.05) is 60.7 Å². The molecular weight excluding hydrogens is 693 g/mol. The van der Waals surface area contributed by atoms with Gasteiger partial charge in [0.25, 0.3) is 0 Å². The number of nitrogens with zero attached hydrogens (tertiary/aromatic N) is 2. The second kappa shape index (κ2) is 23.0. The van der Waals surface area contributed by atoms with E-state index in [4.69, 9.17) is 9.47 Å². The van der Waals surface area contributed by atoms with E-state index in [0.717, 1.165) is 75.6 Å². The average molecular weight is 759 g/mol. The molecule has 0 radical (unpaired) electrons. The van der Waals surface area contributed by atoms with E-state index in [-0.39, 0.29) is 17.9 Å². The fraction of sp³-hybridized carbons (Fsp3) is 0.520. The van der Waals surface area contributed by atoms with Crippen molar-refractivity contribution in [1.29, 1.82) is 0 Å². The number of carbonyl (C=O) groups is 2. The van der Waals surface area contributed by atoms with Crippen LogP contribution in [-0.2, 0) is 32.2 Å². The molecule has 56 heavy (non-hydrogen) atoms. The normalized spacial score (nSPS) is 15.2. The molecule has 2 aliphatic carbocycles. The first-order chi connectivity index (χ1) is 27.7. The van der Waals surface area contributed by atoms with Crippen LogP contribution in [0.25, 0.3) is 11.1 Å². The van der Waals surface area contributed by atoms with Crippen molar-refractivity contribution in [2.24, 2.45) is 17.8 Å². The van der Waals surface area contributed by atoms with E-state index < -0.39 is 5.92 Å². The molecule has 2 heterocycles. The van der Waals surface area contributed by atoms with Crippen molar-refractivity contribution < 1.29 is 28.2 Å². The summed E-state index contributed by atoms with van der Waals surface area (Å²) in [6, 6.07) is 28.6. The number of esters is 2. The topological polar surface area (TPSA) is 60.4 Å². The standard InChI is InChI=1S/C50H66N2O4/c53-49(47(43-21-9-5-10-22-43)44-23-11-6-12-24-44)55-39-19-3-1-17-33-51-35-29-41(30-36-51)42-31-37-52(38-32-42)34-18-2-4-20-40-56-50(54)48(45-25-13-7-14-26-45)46-27-15-8-16-28-46/h5-6,9-12,21-24,29-32,35-38,45-48H,1-4,7-8,13-20,25-28,33-34,39-40H2/q+2. The van der Waals surface area contributed by atoms with Crippen molar-refractivity contribution in [3.05, 3.63) is 121 Å². The van der Waals surface area contributed by atoms with Crippen LogP contribution in [0.3, 0.4) is 0 Å². The summed E-state index contributed by atoms with van der Waals surface area (Å²) in [5.74, 6) is 0.809. The van der Waals surface area contributed by atoms with Crippen molar-refractivity contribution in [2.75, 3.05) is 13.2 Å². The summed E-state index contributed by atoms with van der Waals surface area (Å²) in [5, 5.41) is 0. The van der Waals surface area contributed by atoms with Gasteiger partial charge >= 0.3 is 11.9 Å². The number of carbonyl (C=O) groups excluding carboxylic acids is 2. The Morgan fingerprint density at radius 2 is 0.875 bits per heavy atom. The van der Waals surface area contributed by atoms with Crippen LogP contribution in [-0.4, -0.2) is 25.2 Å². The second-order valence-electron chi connectivity index (χ2n) is 16.4. The number of ether oxygens (including phenoxy) is 2. The van der Waals surface area contributed by atoms with Crippen molar-refractivity contribution in [1.82, 2.24) is 0 Å². The van der Waals surface area contributed by atoms with Gasteiger partial charge in [0.05, 0.1) is 19.1 Å². The summed E-state index contributed by atoms with van der Waals surface area (Å²) < 4.78 is 16.2. The smallest absolute Gasteiger partial charge is 0.317 e. The third-order valence-electron chi connectivity index (χ3n) is 12.3. The van der Waals surface area contributed by atoms with Gasteiger partial charge in [-0.1, -0.05) is 99.2 Å². The first-order valence-electron chi connectivity index (χ1n) is 22.1. The molecule has 2 aliphatic rings. The third-order valence-corrected chi connectivity index (χ3v) is 12.3. The molecule has 6 nitrogen and oxygen atoms in total. The van der Waals surface area contributed by atoms with E-state index in [0.29, 0.717) is 25.0 Å². The van der Waals surface area contributed by atoms with Gasteiger partial charge in [0.1, 0.15) is 19.0 Å². The number of hydrogen-bond donors (Lipinski definition) is 0. The van der Waals surface area contributed by atoms with Gasteiger partial charge in [0.2, 0.25) is 0 Å². The number of aromatic nitrogens is 2. The maximum absolute atomic E-state index is 13.3. The second-order valence-corrected chi connectivity index (χ2v) is 16.4. The van der Waals surface area contributed by atoms with Crippen molar-refractivity contribution >= 4 is 11.9 Å². The van der Waals surface area contributed by atoms with Crippen molar-refractivity contribution in [3.63, 3.8) is 0 Å². The molecule has 6 heteroatoms. The Morgan fingerprint density at radius 1 is 0.482 bits per heavy atom. The molecule has 0 bridgehead atoms. The molecule has 298 valence electrons. The first kappa shape index (κ1) is 41.3. The lowest BCUT2D eigenvalue weighted by Gasteiger charge is -2.36. The van der Waals surface area contributed by atoms with E-state index in [1.165, 1.54) is 75.3 Å². The van der Waals surface area contributed by atoms with Gasteiger partial charge in [0, 0.05) is 37.1 Å². The molecule has 0 spiro atoms. The Morgan fingerprint density at radius 3 is 1.30 bits per heavy atom. The quantitative estimate of drug-likeness (QED) is 0.0482. The largest absolute Gasteiger partial charge is 0.465 e. The molecule has 0 N–H and O–H groups in total. The summed E-state index contributed by atoms with van der Waals surface area (Å²) in [7, 11) is 0. The number of benzene rings is 2. The van der Waals surface area contributed by atoms with E-state index in [1.54, 1.807) is 0 Å². The molecule has 0 saturated heterocycles. The highest BCUT2D eigenvalue weighted by atomic mass is 16.5. The highest BCUT2D eigenvalue weighted by Crippen LogP contribution is 2.40. The number of unbranched alkanes of at least 4 members (excludes halogenated alkanes) is 6. The molecule has 2 aromatic heterocycles. The molecule has 6 rings (SSSR count). The average Bonchev–Trinajstić information content (AvgIpc) is 3.25. The van der Waals surface area contributed by atoms with Crippen LogP contribution in [0.5, 0.6) is 0 Å². The number of hydrogen-bond acceptors (Lipinski definition) is 4. The van der Waals surface area contributed by atoms with Crippen LogP contribution in [0, 0.1) is 17.8 Å². The maximum Gasteiger partial charge on any atom is 0.317 e. The summed E-state index contributed by atoms with van der Waals surface area (Å²) in [6.45, 7) is 3.01. The fourth-order valence-corrected chi connectivity index (χ4v) is 9.13. The molecule has 0 aliphatic heterocycles. The zero-order valence-electron chi connectivity index (χ0n) is 33.8. The summed E-state index contributed by atoms with van der Waals surface area (Å²) in [5.41, 5.74) is 4.38. The van der Waals surface area contributed by atoms with Crippen molar-refractivity contribution in [2.45, 2.75) is 135 Å². The molecule has 2 fully saturated rings. The predicted molar refractivity (Wildman–Crippen MR) is 222 cm³/mol. The highest BCUT2D eigenvalue weighted by molar-refractivity contribution is 5.82. The zero-order chi connectivity index (χ0) is 38.6. The van der Waals surface area contributed by atoms with Crippen LogP contribution < -0.4 is 9.13 Å². The van der Waals surface area contributed by atoms with Gasteiger partial charge in [-0.05, 0) is 98.3 Å². The Bertz CT molecular complexity index is 1640. The van der Waals surface area contributed by atoms with Crippen LogP contribution in [0.4, 0.5) is 0 Å². The SMILES string of the molecule is O=C(OCCCCCC[n+]1ccc(-c2cc[n+](CCCCCCOC(=O)C(C3CCCCC3)C3CCCCC3)cc2)cc1)C(c1ccccc1)c1ccccc1. The van der Waals surface area contributed by atoms with Gasteiger partial charge in [-0.3, -0.25) is 9.59 Å². The van der Waals surface area contributed by atoms with Crippen LogP contribution in [0.1, 0.15) is 133 Å². The number of pyridine rings is 2. The molecule has 4 aromatic rings. The Balaban J connectivity index is 0.822. The Labute approximate surface area is 336 Å². The molecule has 0 amide bonds.